The fourth-order valence-electron chi connectivity index (χ4n) is 3.26. The minimum Gasteiger partial charge on any atom is -0.325 e. The number of halogens is 1. The molecule has 0 aromatic heterocycles. The lowest BCUT2D eigenvalue weighted by Gasteiger charge is -2.29. The van der Waals surface area contributed by atoms with Gasteiger partial charge in [0.1, 0.15) is 0 Å². The second kappa shape index (κ2) is 6.28. The topological polar surface area (TPSA) is 26.0 Å². The highest BCUT2D eigenvalue weighted by Crippen LogP contribution is 2.34. The second-order valence-electron chi connectivity index (χ2n) is 6.34. The molecule has 1 nitrogen and oxygen atoms in total. The molecule has 1 aromatic carbocycles. The first kappa shape index (κ1) is 14.9. The van der Waals surface area contributed by atoms with Crippen LogP contribution in [0.4, 0.5) is 0 Å². The van der Waals surface area contributed by atoms with Crippen LogP contribution in [0.15, 0.2) is 18.2 Å². The van der Waals surface area contributed by atoms with Crippen LogP contribution in [0.5, 0.6) is 0 Å². The fourth-order valence-corrected chi connectivity index (χ4v) is 3.57. The van der Waals surface area contributed by atoms with Gasteiger partial charge in [-0.2, -0.15) is 0 Å². The van der Waals surface area contributed by atoms with Crippen molar-refractivity contribution in [1.29, 1.82) is 0 Å². The summed E-state index contributed by atoms with van der Waals surface area (Å²) >= 11 is 6.35. The molecule has 1 fully saturated rings. The van der Waals surface area contributed by atoms with Crippen molar-refractivity contribution in [2.45, 2.75) is 64.3 Å². The van der Waals surface area contributed by atoms with Crippen LogP contribution in [-0.4, -0.2) is 5.54 Å². The van der Waals surface area contributed by atoms with Crippen molar-refractivity contribution in [3.05, 3.63) is 34.3 Å². The van der Waals surface area contributed by atoms with E-state index < -0.39 is 0 Å². The fraction of sp³-hybridized carbons (Fsp3) is 0.647. The van der Waals surface area contributed by atoms with E-state index in [0.29, 0.717) is 0 Å². The van der Waals surface area contributed by atoms with E-state index in [0.717, 1.165) is 30.2 Å². The summed E-state index contributed by atoms with van der Waals surface area (Å²) in [4.78, 5) is 0. The quantitative estimate of drug-likeness (QED) is 0.784. The molecule has 106 valence electrons. The summed E-state index contributed by atoms with van der Waals surface area (Å²) in [6.45, 7) is 4.37. The first-order valence-corrected chi connectivity index (χ1v) is 7.94. The smallest absolute Gasteiger partial charge is 0.0441 e. The Hall–Kier alpha value is -0.530. The number of hydrogen-bond donors (Lipinski definition) is 1. The van der Waals surface area contributed by atoms with E-state index in [4.69, 9.17) is 17.3 Å². The zero-order valence-corrected chi connectivity index (χ0v) is 13.0. The van der Waals surface area contributed by atoms with Crippen LogP contribution in [0.3, 0.4) is 0 Å². The van der Waals surface area contributed by atoms with E-state index in [1.807, 2.05) is 6.07 Å². The number of aryl methyl sites for hydroxylation is 1. The standard InChI is InChI=1S/C17H26ClN/c1-3-14-5-4-9-17(19,10-8-14)12-15-7-6-13(2)11-16(15)18/h6-7,11,14H,3-5,8-10,12,19H2,1-2H3. The normalized spacial score (nSPS) is 28.1. The van der Waals surface area contributed by atoms with E-state index >= 15 is 0 Å². The molecule has 0 heterocycles. The highest BCUT2D eigenvalue weighted by molar-refractivity contribution is 6.31. The van der Waals surface area contributed by atoms with Gasteiger partial charge in [0.2, 0.25) is 0 Å². The van der Waals surface area contributed by atoms with Crippen molar-refractivity contribution in [1.82, 2.24) is 0 Å². The molecule has 2 rings (SSSR count). The van der Waals surface area contributed by atoms with Crippen molar-refractivity contribution < 1.29 is 0 Å². The SMILES string of the molecule is CCC1CCCC(N)(Cc2ccc(C)cc2Cl)CC1. The van der Waals surface area contributed by atoms with E-state index in [2.05, 4.69) is 26.0 Å². The summed E-state index contributed by atoms with van der Waals surface area (Å²) in [7, 11) is 0. The van der Waals surface area contributed by atoms with Gasteiger partial charge in [0.15, 0.2) is 0 Å². The van der Waals surface area contributed by atoms with Gasteiger partial charge in [-0.1, -0.05) is 49.9 Å². The summed E-state index contributed by atoms with van der Waals surface area (Å²) in [5.41, 5.74) is 9.03. The molecule has 0 aliphatic heterocycles. The summed E-state index contributed by atoms with van der Waals surface area (Å²) < 4.78 is 0. The molecule has 0 bridgehead atoms. The van der Waals surface area contributed by atoms with Gasteiger partial charge in [-0.3, -0.25) is 0 Å². The van der Waals surface area contributed by atoms with Gasteiger partial charge in [0.05, 0.1) is 0 Å². The molecule has 2 atom stereocenters. The summed E-state index contributed by atoms with van der Waals surface area (Å²) in [6, 6.07) is 6.33. The molecular weight excluding hydrogens is 254 g/mol. The molecule has 2 N–H and O–H groups in total. The average molecular weight is 280 g/mol. The molecule has 1 aliphatic rings. The maximum atomic E-state index is 6.66. The van der Waals surface area contributed by atoms with Crippen LogP contribution in [0.2, 0.25) is 5.02 Å². The second-order valence-corrected chi connectivity index (χ2v) is 6.75. The van der Waals surface area contributed by atoms with Crippen LogP contribution >= 0.6 is 11.6 Å². The molecule has 1 aromatic rings. The molecule has 0 spiro atoms. The van der Waals surface area contributed by atoms with Crippen LogP contribution in [0.1, 0.15) is 56.6 Å². The monoisotopic (exact) mass is 279 g/mol. The van der Waals surface area contributed by atoms with E-state index in [-0.39, 0.29) is 5.54 Å². The van der Waals surface area contributed by atoms with Gasteiger partial charge >= 0.3 is 0 Å². The predicted octanol–water partition coefficient (Wildman–Crippen LogP) is 4.88. The molecule has 2 unspecified atom stereocenters. The van der Waals surface area contributed by atoms with Gasteiger partial charge in [-0.05, 0) is 55.7 Å². The first-order valence-electron chi connectivity index (χ1n) is 7.56. The Labute approximate surface area is 122 Å². The van der Waals surface area contributed by atoms with Gasteiger partial charge in [-0.15, -0.1) is 0 Å². The van der Waals surface area contributed by atoms with E-state index in [9.17, 15) is 0 Å². The molecule has 0 radical (unpaired) electrons. The summed E-state index contributed by atoms with van der Waals surface area (Å²) in [5.74, 6) is 0.874. The minimum atomic E-state index is -0.0528. The molecular formula is C17H26ClN. The highest BCUT2D eigenvalue weighted by Gasteiger charge is 2.29. The Kier molecular flexibility index (Phi) is 4.92. The Morgan fingerprint density at radius 1 is 1.32 bits per heavy atom. The zero-order valence-electron chi connectivity index (χ0n) is 12.2. The van der Waals surface area contributed by atoms with E-state index in [1.54, 1.807) is 0 Å². The number of nitrogens with two attached hydrogens (primary N) is 1. The first-order chi connectivity index (χ1) is 9.02. The highest BCUT2D eigenvalue weighted by atomic mass is 35.5. The average Bonchev–Trinajstić information content (AvgIpc) is 2.55. The van der Waals surface area contributed by atoms with Crippen LogP contribution < -0.4 is 5.73 Å². The molecule has 2 heteroatoms. The van der Waals surface area contributed by atoms with Crippen LogP contribution in [0, 0.1) is 12.8 Å². The van der Waals surface area contributed by atoms with Gasteiger partial charge < -0.3 is 5.73 Å². The van der Waals surface area contributed by atoms with Crippen molar-refractivity contribution in [3.63, 3.8) is 0 Å². The molecule has 0 amide bonds. The lowest BCUT2D eigenvalue weighted by molar-refractivity contribution is 0.358. The maximum absolute atomic E-state index is 6.66. The third-order valence-electron chi connectivity index (χ3n) is 4.67. The molecule has 19 heavy (non-hydrogen) atoms. The van der Waals surface area contributed by atoms with Crippen molar-refractivity contribution in [2.75, 3.05) is 0 Å². The molecule has 0 saturated heterocycles. The van der Waals surface area contributed by atoms with Crippen molar-refractivity contribution in [2.24, 2.45) is 11.7 Å². The van der Waals surface area contributed by atoms with Crippen LogP contribution in [-0.2, 0) is 6.42 Å². The Balaban J connectivity index is 2.08. The van der Waals surface area contributed by atoms with E-state index in [1.165, 1.54) is 36.8 Å². The number of hydrogen-bond acceptors (Lipinski definition) is 1. The van der Waals surface area contributed by atoms with Crippen LogP contribution in [0.25, 0.3) is 0 Å². The number of benzene rings is 1. The Morgan fingerprint density at radius 3 is 2.79 bits per heavy atom. The predicted molar refractivity (Wildman–Crippen MR) is 83.7 cm³/mol. The lowest BCUT2D eigenvalue weighted by Crippen LogP contribution is -2.41. The third-order valence-corrected chi connectivity index (χ3v) is 5.02. The maximum Gasteiger partial charge on any atom is 0.0441 e. The molecule has 1 aliphatic carbocycles. The van der Waals surface area contributed by atoms with Gasteiger partial charge in [-0.25, -0.2) is 0 Å². The molecule has 1 saturated carbocycles. The number of rotatable bonds is 3. The Bertz CT molecular complexity index is 429. The van der Waals surface area contributed by atoms with Crippen molar-refractivity contribution in [3.8, 4) is 0 Å². The largest absolute Gasteiger partial charge is 0.325 e. The minimum absolute atomic E-state index is 0.0528. The zero-order chi connectivity index (χ0) is 13.9. The summed E-state index contributed by atoms with van der Waals surface area (Å²) in [6.07, 6.45) is 8.36. The lowest BCUT2D eigenvalue weighted by atomic mass is 9.84. The van der Waals surface area contributed by atoms with Gasteiger partial charge in [0, 0.05) is 10.6 Å². The van der Waals surface area contributed by atoms with Gasteiger partial charge in [0.25, 0.3) is 0 Å². The summed E-state index contributed by atoms with van der Waals surface area (Å²) in [5, 5.41) is 0.876. The third kappa shape index (κ3) is 3.97. The van der Waals surface area contributed by atoms with Crippen molar-refractivity contribution >= 4 is 11.6 Å². The Morgan fingerprint density at radius 2 is 2.11 bits per heavy atom.